The van der Waals surface area contributed by atoms with E-state index in [4.69, 9.17) is 30.3 Å². The average Bonchev–Trinajstić information content (AvgIpc) is 3.94. The number of fused-ring (bicyclic) bond motifs is 6. The molecular weight excluding hydrogens is 703 g/mol. The minimum atomic E-state index is -0.659. The summed E-state index contributed by atoms with van der Waals surface area (Å²) in [6, 6.07) is 33.3. The third-order valence-corrected chi connectivity index (χ3v) is 10.8. The van der Waals surface area contributed by atoms with Gasteiger partial charge in [0.05, 0.1) is 15.1 Å². The second-order valence-electron chi connectivity index (χ2n) is 13.1. The van der Waals surface area contributed by atoms with E-state index in [-0.39, 0.29) is 60.4 Å². The summed E-state index contributed by atoms with van der Waals surface area (Å²) in [5.74, 6) is 0.389. The summed E-state index contributed by atoms with van der Waals surface area (Å²) in [4.78, 5) is 14.7. The van der Waals surface area contributed by atoms with Crippen molar-refractivity contribution in [3.8, 4) is 67.5 Å². The van der Waals surface area contributed by atoms with Gasteiger partial charge in [-0.15, -0.1) is 11.3 Å². The molecule has 4 nitrogen and oxygen atoms in total. The minimum Gasteiger partial charge on any atom is -0.456 e. The van der Waals surface area contributed by atoms with E-state index in [1.165, 1.54) is 0 Å². The van der Waals surface area contributed by atoms with Gasteiger partial charge in [0.1, 0.15) is 11.2 Å². The molecule has 0 atom stereocenters. The maximum absolute atomic E-state index is 9.69. The monoisotopic (exact) mass is 744 g/mol. The smallest absolute Gasteiger partial charge is 0.164 e. The van der Waals surface area contributed by atoms with E-state index >= 15 is 0 Å². The van der Waals surface area contributed by atoms with Crippen molar-refractivity contribution < 1.29 is 19.5 Å². The number of rotatable bonds is 6. The lowest BCUT2D eigenvalue weighted by Crippen LogP contribution is -2.00. The summed E-state index contributed by atoms with van der Waals surface area (Å²) in [6.07, 6.45) is 0. The topological polar surface area (TPSA) is 51.8 Å². The van der Waals surface area contributed by atoms with Crippen LogP contribution in [-0.2, 0) is 0 Å². The van der Waals surface area contributed by atoms with E-state index in [1.54, 1.807) is 0 Å². The summed E-state index contributed by atoms with van der Waals surface area (Å²) < 4.78 is 104. The third-order valence-electron chi connectivity index (χ3n) is 9.77. The second-order valence-corrected chi connectivity index (χ2v) is 14.2. The van der Waals surface area contributed by atoms with Crippen molar-refractivity contribution in [3.63, 3.8) is 0 Å². The lowest BCUT2D eigenvalue weighted by Gasteiger charge is -2.10. The van der Waals surface area contributed by atoms with Crippen LogP contribution in [0.5, 0.6) is 0 Å². The Morgan fingerprint density at radius 2 is 1.05 bits per heavy atom. The highest BCUT2D eigenvalue weighted by molar-refractivity contribution is 7.26. The van der Waals surface area contributed by atoms with E-state index in [2.05, 4.69) is 0 Å². The van der Waals surface area contributed by atoms with Gasteiger partial charge in [0.2, 0.25) is 0 Å². The quantitative estimate of drug-likeness (QED) is 0.170. The molecule has 0 aliphatic carbocycles. The van der Waals surface area contributed by atoms with Crippen LogP contribution >= 0.6 is 11.3 Å². The van der Waals surface area contributed by atoms with Gasteiger partial charge in [-0.25, -0.2) is 15.0 Å². The molecule has 0 fully saturated rings. The third kappa shape index (κ3) is 5.65. The Hall–Kier alpha value is -7.21. The Bertz CT molecular complexity index is 3850. The van der Waals surface area contributed by atoms with Crippen molar-refractivity contribution in [1.82, 2.24) is 15.0 Å². The van der Waals surface area contributed by atoms with Crippen molar-refractivity contribution in [2.24, 2.45) is 0 Å². The van der Waals surface area contributed by atoms with Gasteiger partial charge in [-0.1, -0.05) is 145 Å². The molecule has 0 radical (unpaired) electrons. The van der Waals surface area contributed by atoms with Crippen molar-refractivity contribution in [2.75, 3.05) is 0 Å². The van der Waals surface area contributed by atoms with E-state index in [1.807, 2.05) is 121 Å². The predicted octanol–water partition coefficient (Wildman–Crippen LogP) is 14.1. The number of hydrogen-bond donors (Lipinski definition) is 0. The summed E-state index contributed by atoms with van der Waals surface area (Å²) in [5, 5.41) is 1.65. The first-order valence-electron chi connectivity index (χ1n) is 23.3. The van der Waals surface area contributed by atoms with Gasteiger partial charge >= 0.3 is 0 Å². The number of hydrogen-bond acceptors (Lipinski definition) is 5. The van der Waals surface area contributed by atoms with Crippen LogP contribution < -0.4 is 0 Å². The first kappa shape index (κ1) is 22.9. The number of aromatic nitrogens is 3. The second kappa shape index (κ2) is 13.3. The van der Waals surface area contributed by atoms with Crippen LogP contribution in [-0.4, -0.2) is 15.0 Å². The summed E-state index contributed by atoms with van der Waals surface area (Å²) >= 11 is 0.889. The molecule has 56 heavy (non-hydrogen) atoms. The molecule has 0 saturated carbocycles. The molecule has 0 aliphatic heterocycles. The Balaban J connectivity index is 1.14. The fraction of sp³-hybridized carbons (Fsp3) is 0. The van der Waals surface area contributed by atoms with Gasteiger partial charge in [0.15, 0.2) is 17.5 Å². The van der Waals surface area contributed by atoms with Crippen molar-refractivity contribution in [2.45, 2.75) is 0 Å². The molecule has 3 heterocycles. The fourth-order valence-electron chi connectivity index (χ4n) is 7.04. The molecule has 0 unspecified atom stereocenters. The predicted molar refractivity (Wildman–Crippen MR) is 233 cm³/mol. The molecule has 11 aromatic rings. The number of nitrogens with zero attached hydrogens (tertiary/aromatic N) is 3. The van der Waals surface area contributed by atoms with E-state index in [0.717, 1.165) is 44.4 Å². The van der Waals surface area contributed by atoms with Crippen LogP contribution in [0, 0.1) is 0 Å². The summed E-state index contributed by atoms with van der Waals surface area (Å²) in [7, 11) is 0. The maximum atomic E-state index is 9.69. The molecule has 0 N–H and O–H groups in total. The van der Waals surface area contributed by atoms with Gasteiger partial charge in [0.25, 0.3) is 0 Å². The highest BCUT2D eigenvalue weighted by Crippen LogP contribution is 2.42. The Kier molecular flexibility index (Phi) is 5.42. The van der Waals surface area contributed by atoms with Gasteiger partial charge in [-0.3, -0.25) is 0 Å². The highest BCUT2D eigenvalue weighted by atomic mass is 32.1. The number of benzene rings is 8. The van der Waals surface area contributed by atoms with E-state index in [0.29, 0.717) is 22.3 Å². The Labute approximate surface area is 342 Å². The van der Waals surface area contributed by atoms with Crippen LogP contribution in [0.4, 0.5) is 0 Å². The molecule has 0 spiro atoms. The molecule has 11 rings (SSSR count). The van der Waals surface area contributed by atoms with Crippen molar-refractivity contribution >= 4 is 53.4 Å². The first-order chi connectivity index (χ1) is 32.3. The zero-order chi connectivity index (χ0) is 46.6. The molecule has 0 amide bonds. The average molecular weight is 745 g/mol. The summed E-state index contributed by atoms with van der Waals surface area (Å²) in [6.45, 7) is 0. The van der Waals surface area contributed by atoms with Crippen LogP contribution in [0.3, 0.4) is 0 Å². The van der Waals surface area contributed by atoms with Crippen molar-refractivity contribution in [3.05, 3.63) is 188 Å². The molecule has 5 heteroatoms. The molecule has 0 aliphatic rings. The van der Waals surface area contributed by atoms with Gasteiger partial charge in [0, 0.05) is 47.6 Å². The zero-order valence-electron chi connectivity index (χ0n) is 40.2. The fourth-order valence-corrected chi connectivity index (χ4v) is 8.06. The normalized spacial score (nSPS) is 14.3. The Morgan fingerprint density at radius 3 is 1.82 bits per heavy atom. The first-order valence-corrected chi connectivity index (χ1v) is 18.6. The standard InChI is InChI=1S/C51H31N3OS/c1-4-11-32(12-5-1)34-19-21-36(22-20-34)49-52-50(38-25-28-44-43(29-38)41-26-23-37(30-45(41)55-44)33-13-6-2-7-14-33)54-51(53-49)39-24-27-42-47(31-39)56-46-18-10-17-40(48(42)46)35-15-8-3-9-16-35/h1-31H/i3D,8D,9D,10D,15D,16D,17D,18D,24D,27D,31D. The van der Waals surface area contributed by atoms with Gasteiger partial charge < -0.3 is 4.42 Å². The lowest BCUT2D eigenvalue weighted by molar-refractivity contribution is 0.669. The van der Waals surface area contributed by atoms with Crippen LogP contribution in [0.2, 0.25) is 0 Å². The highest BCUT2D eigenvalue weighted by Gasteiger charge is 2.17. The molecular formula is C51H31N3OS. The van der Waals surface area contributed by atoms with Gasteiger partial charge in [-0.2, -0.15) is 0 Å². The molecule has 0 saturated heterocycles. The van der Waals surface area contributed by atoms with Crippen LogP contribution in [0.15, 0.2) is 192 Å². The SMILES string of the molecule is [2H]c1c([2H])c([2H])c(-c2c([2H])c([2H])c([2H])c3sc4c([2H])c(-c5nc(-c6ccc(-c7ccccc7)cc6)nc(-c6ccc7oc8cc(-c9ccccc9)ccc8c7c6)n5)c([2H])c([2H])c4c23)c([2H])c1[2H]. The molecule has 8 aromatic carbocycles. The Morgan fingerprint density at radius 1 is 0.411 bits per heavy atom. The van der Waals surface area contributed by atoms with Crippen molar-refractivity contribution in [1.29, 1.82) is 0 Å². The summed E-state index contributed by atoms with van der Waals surface area (Å²) in [5.41, 5.74) is 5.86. The number of thiophene rings is 1. The molecule has 0 bridgehead atoms. The van der Waals surface area contributed by atoms with Gasteiger partial charge in [-0.05, 0) is 75.8 Å². The lowest BCUT2D eigenvalue weighted by atomic mass is 9.99. The molecule has 262 valence electrons. The van der Waals surface area contributed by atoms with E-state index in [9.17, 15) is 4.11 Å². The largest absolute Gasteiger partial charge is 0.456 e. The van der Waals surface area contributed by atoms with E-state index < -0.39 is 60.4 Å². The zero-order valence-corrected chi connectivity index (χ0v) is 30.0. The van der Waals surface area contributed by atoms with Crippen LogP contribution in [0.1, 0.15) is 15.1 Å². The van der Waals surface area contributed by atoms with Crippen LogP contribution in [0.25, 0.3) is 110 Å². The minimum absolute atomic E-state index is 0.0184. The maximum Gasteiger partial charge on any atom is 0.164 e. The number of furan rings is 1. The molecule has 3 aromatic heterocycles.